The van der Waals surface area contributed by atoms with E-state index in [0.29, 0.717) is 25.6 Å². The van der Waals surface area contributed by atoms with Crippen molar-refractivity contribution in [3.63, 3.8) is 0 Å². The van der Waals surface area contributed by atoms with Crippen molar-refractivity contribution in [3.05, 3.63) is 66.0 Å². The Morgan fingerprint density at radius 2 is 1.79 bits per heavy atom. The zero-order chi connectivity index (χ0) is 20.2. The van der Waals surface area contributed by atoms with Crippen LogP contribution in [0.4, 0.5) is 4.39 Å². The monoisotopic (exact) mass is 386 g/mol. The maximum absolute atomic E-state index is 13.6. The zero-order valence-electron chi connectivity index (χ0n) is 16.2. The van der Waals surface area contributed by atoms with Gasteiger partial charge in [-0.2, -0.15) is 0 Å². The Balaban J connectivity index is 1.79. The van der Waals surface area contributed by atoms with Gasteiger partial charge in [0.2, 0.25) is 5.91 Å². The van der Waals surface area contributed by atoms with Crippen LogP contribution < -0.4 is 20.7 Å². The van der Waals surface area contributed by atoms with Gasteiger partial charge in [0.1, 0.15) is 12.6 Å². The van der Waals surface area contributed by atoms with Crippen LogP contribution in [0.3, 0.4) is 0 Å². The van der Waals surface area contributed by atoms with Gasteiger partial charge < -0.3 is 20.7 Å². The lowest BCUT2D eigenvalue weighted by Gasteiger charge is -2.18. The number of aliphatic imine (C=N–C) groups is 1. The van der Waals surface area contributed by atoms with Gasteiger partial charge in [-0.25, -0.2) is 9.38 Å². The lowest BCUT2D eigenvalue weighted by Crippen LogP contribution is -2.42. The summed E-state index contributed by atoms with van der Waals surface area (Å²) in [4.78, 5) is 16.3. The van der Waals surface area contributed by atoms with Crippen molar-refractivity contribution in [3.8, 4) is 5.75 Å². The maximum Gasteiger partial charge on any atom is 0.242 e. The predicted octanol–water partition coefficient (Wildman–Crippen LogP) is 2.46. The van der Waals surface area contributed by atoms with Crippen LogP contribution in [0.25, 0.3) is 0 Å². The minimum Gasteiger partial charge on any atom is -0.486 e. The predicted molar refractivity (Wildman–Crippen MR) is 109 cm³/mol. The van der Waals surface area contributed by atoms with E-state index < -0.39 is 5.82 Å². The molecule has 1 amide bonds. The van der Waals surface area contributed by atoms with Crippen molar-refractivity contribution in [2.24, 2.45) is 4.99 Å². The molecule has 0 spiro atoms. The van der Waals surface area contributed by atoms with E-state index in [2.05, 4.69) is 20.9 Å². The Kier molecular flexibility index (Phi) is 8.78. The molecule has 2 aromatic carbocycles. The van der Waals surface area contributed by atoms with E-state index in [1.54, 1.807) is 18.2 Å². The van der Waals surface area contributed by atoms with Crippen molar-refractivity contribution in [1.29, 1.82) is 0 Å². The standard InChI is InChI=1S/C21H27FN4O2/c1-3-23-21(25-13-16(2)28-19-12-8-7-11-18(19)22)26-15-20(27)24-14-17-9-5-4-6-10-17/h4-12,16H,3,13-15H2,1-2H3,(H,24,27)(H2,23,25,26). The average Bonchev–Trinajstić information content (AvgIpc) is 2.71. The zero-order valence-corrected chi connectivity index (χ0v) is 16.2. The normalized spacial score (nSPS) is 12.2. The summed E-state index contributed by atoms with van der Waals surface area (Å²) in [7, 11) is 0. The molecule has 0 fully saturated rings. The van der Waals surface area contributed by atoms with E-state index >= 15 is 0 Å². The maximum atomic E-state index is 13.6. The van der Waals surface area contributed by atoms with Crippen LogP contribution >= 0.6 is 0 Å². The third kappa shape index (κ3) is 7.65. The fourth-order valence-corrected chi connectivity index (χ4v) is 2.38. The highest BCUT2D eigenvalue weighted by Gasteiger charge is 2.09. The lowest BCUT2D eigenvalue weighted by atomic mass is 10.2. The van der Waals surface area contributed by atoms with E-state index in [1.165, 1.54) is 6.07 Å². The minimum atomic E-state index is -0.398. The molecule has 0 aliphatic carbocycles. The summed E-state index contributed by atoms with van der Waals surface area (Å²) in [6.07, 6.45) is -0.285. The van der Waals surface area contributed by atoms with Crippen LogP contribution in [0.1, 0.15) is 19.4 Å². The molecule has 1 atom stereocenters. The highest BCUT2D eigenvalue weighted by atomic mass is 19.1. The minimum absolute atomic E-state index is 0.00468. The number of guanidine groups is 1. The SMILES string of the molecule is CCNC(=NCC(=O)NCc1ccccc1)NCC(C)Oc1ccccc1F. The molecule has 6 nitrogen and oxygen atoms in total. The summed E-state index contributed by atoms with van der Waals surface area (Å²) in [5.74, 6) is 0.141. The number of nitrogens with zero attached hydrogens (tertiary/aromatic N) is 1. The van der Waals surface area contributed by atoms with Crippen molar-refractivity contribution in [2.45, 2.75) is 26.5 Å². The van der Waals surface area contributed by atoms with E-state index in [1.807, 2.05) is 44.2 Å². The fraction of sp³-hybridized carbons (Fsp3) is 0.333. The summed E-state index contributed by atoms with van der Waals surface area (Å²) in [6.45, 7) is 5.30. The van der Waals surface area contributed by atoms with Gasteiger partial charge in [-0.3, -0.25) is 4.79 Å². The van der Waals surface area contributed by atoms with Crippen LogP contribution in [-0.4, -0.2) is 37.6 Å². The fourth-order valence-electron chi connectivity index (χ4n) is 2.38. The Morgan fingerprint density at radius 3 is 2.50 bits per heavy atom. The second-order valence-electron chi connectivity index (χ2n) is 6.20. The van der Waals surface area contributed by atoms with Gasteiger partial charge >= 0.3 is 0 Å². The second kappa shape index (κ2) is 11.6. The molecule has 0 aliphatic rings. The number of benzene rings is 2. The molecule has 0 saturated heterocycles. The lowest BCUT2D eigenvalue weighted by molar-refractivity contribution is -0.119. The van der Waals surface area contributed by atoms with Crippen molar-refractivity contribution in [2.75, 3.05) is 19.6 Å². The molecule has 0 aliphatic heterocycles. The number of nitrogens with one attached hydrogen (secondary N) is 3. The summed E-state index contributed by atoms with van der Waals surface area (Å²) in [5, 5.41) is 9.00. The van der Waals surface area contributed by atoms with Crippen LogP contribution in [0, 0.1) is 5.82 Å². The highest BCUT2D eigenvalue weighted by molar-refractivity contribution is 5.84. The average molecular weight is 386 g/mol. The molecule has 1 unspecified atom stereocenters. The molecule has 2 rings (SSSR count). The van der Waals surface area contributed by atoms with Crippen LogP contribution in [-0.2, 0) is 11.3 Å². The van der Waals surface area contributed by atoms with Gasteiger partial charge in [0.25, 0.3) is 0 Å². The molecule has 0 aromatic heterocycles. The van der Waals surface area contributed by atoms with E-state index in [-0.39, 0.29) is 24.3 Å². The number of carbonyl (C=O) groups is 1. The summed E-state index contributed by atoms with van der Waals surface area (Å²) in [6, 6.07) is 16.0. The Hall–Kier alpha value is -3.09. The first-order chi connectivity index (χ1) is 13.6. The van der Waals surface area contributed by atoms with E-state index in [9.17, 15) is 9.18 Å². The molecular formula is C21H27FN4O2. The van der Waals surface area contributed by atoms with Crippen molar-refractivity contribution < 1.29 is 13.9 Å². The molecular weight excluding hydrogens is 359 g/mol. The molecule has 0 radical (unpaired) electrons. The van der Waals surface area contributed by atoms with Gasteiger partial charge in [0.05, 0.1) is 6.54 Å². The van der Waals surface area contributed by atoms with Crippen molar-refractivity contribution in [1.82, 2.24) is 16.0 Å². The second-order valence-corrected chi connectivity index (χ2v) is 6.20. The van der Waals surface area contributed by atoms with Gasteiger partial charge in [0.15, 0.2) is 17.5 Å². The first-order valence-electron chi connectivity index (χ1n) is 9.32. The number of rotatable bonds is 9. The quantitative estimate of drug-likeness (QED) is 0.457. The van der Waals surface area contributed by atoms with E-state index in [4.69, 9.17) is 4.74 Å². The number of carbonyl (C=O) groups excluding carboxylic acids is 1. The number of para-hydroxylation sites is 1. The Morgan fingerprint density at radius 1 is 1.07 bits per heavy atom. The first-order valence-corrected chi connectivity index (χ1v) is 9.32. The van der Waals surface area contributed by atoms with Crippen molar-refractivity contribution >= 4 is 11.9 Å². The van der Waals surface area contributed by atoms with Crippen LogP contribution in [0.15, 0.2) is 59.6 Å². The molecule has 3 N–H and O–H groups in total. The number of amides is 1. The molecule has 2 aromatic rings. The third-order valence-electron chi connectivity index (χ3n) is 3.78. The number of ether oxygens (including phenoxy) is 1. The van der Waals surface area contributed by atoms with E-state index in [0.717, 1.165) is 5.56 Å². The molecule has 0 heterocycles. The number of hydrogen-bond donors (Lipinski definition) is 3. The number of hydrogen-bond acceptors (Lipinski definition) is 3. The van der Waals surface area contributed by atoms with Gasteiger partial charge in [-0.1, -0.05) is 42.5 Å². The molecule has 7 heteroatoms. The van der Waals surface area contributed by atoms with Crippen LogP contribution in [0.5, 0.6) is 5.75 Å². The van der Waals surface area contributed by atoms with Gasteiger partial charge in [-0.15, -0.1) is 0 Å². The molecule has 28 heavy (non-hydrogen) atoms. The molecule has 0 bridgehead atoms. The third-order valence-corrected chi connectivity index (χ3v) is 3.78. The summed E-state index contributed by atoms with van der Waals surface area (Å²) >= 11 is 0. The highest BCUT2D eigenvalue weighted by Crippen LogP contribution is 2.16. The number of halogens is 1. The first kappa shape index (κ1) is 21.2. The smallest absolute Gasteiger partial charge is 0.242 e. The Labute approximate surface area is 165 Å². The van der Waals surface area contributed by atoms with Crippen LogP contribution in [0.2, 0.25) is 0 Å². The summed E-state index contributed by atoms with van der Waals surface area (Å²) < 4.78 is 19.2. The van der Waals surface area contributed by atoms with Gasteiger partial charge in [0, 0.05) is 13.1 Å². The topological polar surface area (TPSA) is 74.8 Å². The Bertz CT molecular complexity index is 768. The molecule has 150 valence electrons. The largest absolute Gasteiger partial charge is 0.486 e. The summed E-state index contributed by atoms with van der Waals surface area (Å²) in [5.41, 5.74) is 1.03. The van der Waals surface area contributed by atoms with Gasteiger partial charge in [-0.05, 0) is 31.5 Å². The molecule has 0 saturated carbocycles.